The van der Waals surface area contributed by atoms with Gasteiger partial charge in [-0.25, -0.2) is 9.78 Å². The first-order chi connectivity index (χ1) is 10.1. The minimum absolute atomic E-state index is 0.00650. The lowest BCUT2D eigenvalue weighted by molar-refractivity contribution is 0.0864. The van der Waals surface area contributed by atoms with E-state index in [1.807, 2.05) is 0 Å². The highest BCUT2D eigenvalue weighted by atomic mass is 35.5. The molecule has 2 aromatic rings. The molecule has 1 fully saturated rings. The van der Waals surface area contributed by atoms with Crippen LogP contribution in [0.2, 0.25) is 10.0 Å². The Bertz CT molecular complexity index is 627. The molecule has 1 aromatic heterocycles. The number of imidazole rings is 1. The van der Waals surface area contributed by atoms with Gasteiger partial charge in [-0.1, -0.05) is 29.6 Å². The molecular weight excluding hydrogens is 313 g/mol. The molecule has 0 radical (unpaired) electrons. The molecule has 7 heteroatoms. The standard InChI is InChI=1S/C14H15Cl2N3O2/c15-9-6-11-12(7-10(9)16)18-13(17-11)19-14(20)21-8-4-2-1-3-5-8/h6-8H,1-5H2,(H2,17,18,19,20). The van der Waals surface area contributed by atoms with Gasteiger partial charge < -0.3 is 9.72 Å². The number of anilines is 1. The van der Waals surface area contributed by atoms with Crippen molar-refractivity contribution in [2.45, 2.75) is 38.2 Å². The van der Waals surface area contributed by atoms with Crippen LogP contribution in [0.1, 0.15) is 32.1 Å². The van der Waals surface area contributed by atoms with Gasteiger partial charge in [-0.3, -0.25) is 5.32 Å². The van der Waals surface area contributed by atoms with Crippen molar-refractivity contribution in [1.29, 1.82) is 0 Å². The van der Waals surface area contributed by atoms with E-state index in [-0.39, 0.29) is 6.10 Å². The van der Waals surface area contributed by atoms with Crippen LogP contribution in [0.5, 0.6) is 0 Å². The van der Waals surface area contributed by atoms with Gasteiger partial charge in [-0.15, -0.1) is 0 Å². The van der Waals surface area contributed by atoms with Gasteiger partial charge in [0.05, 0.1) is 21.1 Å². The van der Waals surface area contributed by atoms with E-state index in [4.69, 9.17) is 27.9 Å². The van der Waals surface area contributed by atoms with Gasteiger partial charge in [0.15, 0.2) is 0 Å². The van der Waals surface area contributed by atoms with Crippen LogP contribution in [-0.4, -0.2) is 22.2 Å². The summed E-state index contributed by atoms with van der Waals surface area (Å²) in [5.41, 5.74) is 1.34. The first-order valence-corrected chi connectivity index (χ1v) is 7.70. The summed E-state index contributed by atoms with van der Waals surface area (Å²) in [5, 5.41) is 3.46. The Balaban J connectivity index is 1.68. The maximum Gasteiger partial charge on any atom is 0.414 e. The molecular formula is C14H15Cl2N3O2. The van der Waals surface area contributed by atoms with Crippen LogP contribution in [0, 0.1) is 0 Å². The second kappa shape index (κ2) is 6.12. The monoisotopic (exact) mass is 327 g/mol. The van der Waals surface area contributed by atoms with Crippen molar-refractivity contribution in [3.8, 4) is 0 Å². The summed E-state index contributed by atoms with van der Waals surface area (Å²) in [7, 11) is 0. The van der Waals surface area contributed by atoms with Crippen LogP contribution < -0.4 is 5.32 Å². The van der Waals surface area contributed by atoms with E-state index in [0.717, 1.165) is 25.7 Å². The number of aromatic nitrogens is 2. The molecule has 0 atom stereocenters. The van der Waals surface area contributed by atoms with Crippen LogP contribution in [-0.2, 0) is 4.74 Å². The summed E-state index contributed by atoms with van der Waals surface area (Å²) in [4.78, 5) is 19.0. The number of hydrogen-bond acceptors (Lipinski definition) is 3. The van der Waals surface area contributed by atoms with Crippen LogP contribution in [0.4, 0.5) is 10.7 Å². The Kier molecular flexibility index (Phi) is 4.22. The number of H-pyrrole nitrogens is 1. The summed E-state index contributed by atoms with van der Waals surface area (Å²) in [6.45, 7) is 0. The number of amides is 1. The SMILES string of the molecule is O=C(Nc1nc2cc(Cl)c(Cl)cc2[nH]1)OC1CCCCC1. The highest BCUT2D eigenvalue weighted by Gasteiger charge is 2.18. The topological polar surface area (TPSA) is 67.0 Å². The second-order valence-corrected chi connectivity index (χ2v) is 5.97. The van der Waals surface area contributed by atoms with E-state index in [1.165, 1.54) is 6.42 Å². The molecule has 1 aliphatic rings. The van der Waals surface area contributed by atoms with Gasteiger partial charge in [-0.05, 0) is 37.8 Å². The highest BCUT2D eigenvalue weighted by molar-refractivity contribution is 6.42. The molecule has 0 spiro atoms. The van der Waals surface area contributed by atoms with Gasteiger partial charge in [0.1, 0.15) is 6.10 Å². The van der Waals surface area contributed by atoms with E-state index in [2.05, 4.69) is 15.3 Å². The van der Waals surface area contributed by atoms with Crippen LogP contribution >= 0.6 is 23.2 Å². The number of benzene rings is 1. The van der Waals surface area contributed by atoms with Crippen molar-refractivity contribution in [1.82, 2.24) is 9.97 Å². The lowest BCUT2D eigenvalue weighted by atomic mass is 9.98. The van der Waals surface area contributed by atoms with Crippen molar-refractivity contribution in [2.75, 3.05) is 5.32 Å². The normalized spacial score (nSPS) is 16.1. The smallest absolute Gasteiger partial charge is 0.414 e. The number of ether oxygens (including phenoxy) is 1. The summed E-state index contributed by atoms with van der Waals surface area (Å²) >= 11 is 11.9. The zero-order chi connectivity index (χ0) is 14.8. The Labute approximate surface area is 132 Å². The molecule has 1 heterocycles. The van der Waals surface area contributed by atoms with Crippen LogP contribution in [0.3, 0.4) is 0 Å². The molecule has 1 aromatic carbocycles. The fourth-order valence-electron chi connectivity index (χ4n) is 2.52. The lowest BCUT2D eigenvalue weighted by Gasteiger charge is -2.21. The van der Waals surface area contributed by atoms with Crippen molar-refractivity contribution in [3.05, 3.63) is 22.2 Å². The number of carbonyl (C=O) groups is 1. The number of halogens is 2. The Morgan fingerprint density at radius 1 is 1.24 bits per heavy atom. The summed E-state index contributed by atoms with van der Waals surface area (Å²) in [5.74, 6) is 0.323. The average molecular weight is 328 g/mol. The minimum Gasteiger partial charge on any atom is -0.446 e. The van der Waals surface area contributed by atoms with E-state index in [9.17, 15) is 4.79 Å². The predicted molar refractivity (Wildman–Crippen MR) is 83.1 cm³/mol. The zero-order valence-corrected chi connectivity index (χ0v) is 12.8. The number of hydrogen-bond donors (Lipinski definition) is 2. The minimum atomic E-state index is -0.488. The van der Waals surface area contributed by atoms with Crippen LogP contribution in [0.15, 0.2) is 12.1 Å². The summed E-state index contributed by atoms with van der Waals surface area (Å²) in [6.07, 6.45) is 4.81. The van der Waals surface area contributed by atoms with Crippen molar-refractivity contribution >= 4 is 46.3 Å². The third-order valence-electron chi connectivity index (χ3n) is 3.57. The maximum atomic E-state index is 11.8. The molecule has 3 rings (SSSR count). The Morgan fingerprint density at radius 2 is 1.95 bits per heavy atom. The number of rotatable bonds is 2. The highest BCUT2D eigenvalue weighted by Crippen LogP contribution is 2.27. The quantitative estimate of drug-likeness (QED) is 0.836. The van der Waals surface area contributed by atoms with Crippen LogP contribution in [0.25, 0.3) is 11.0 Å². The van der Waals surface area contributed by atoms with E-state index < -0.39 is 6.09 Å². The van der Waals surface area contributed by atoms with Crippen molar-refractivity contribution in [3.63, 3.8) is 0 Å². The van der Waals surface area contributed by atoms with Crippen molar-refractivity contribution < 1.29 is 9.53 Å². The van der Waals surface area contributed by atoms with Gasteiger partial charge in [-0.2, -0.15) is 0 Å². The molecule has 0 aliphatic heterocycles. The predicted octanol–water partition coefficient (Wildman–Crippen LogP) is 4.75. The number of aromatic amines is 1. The Hall–Kier alpha value is -1.46. The number of fused-ring (bicyclic) bond motifs is 1. The van der Waals surface area contributed by atoms with Gasteiger partial charge in [0.2, 0.25) is 5.95 Å². The third kappa shape index (κ3) is 3.41. The fraction of sp³-hybridized carbons (Fsp3) is 0.429. The maximum absolute atomic E-state index is 11.8. The number of nitrogens with zero attached hydrogens (tertiary/aromatic N) is 1. The van der Waals surface area contributed by atoms with Gasteiger partial charge in [0.25, 0.3) is 0 Å². The zero-order valence-electron chi connectivity index (χ0n) is 11.3. The number of nitrogens with one attached hydrogen (secondary N) is 2. The molecule has 1 amide bonds. The molecule has 1 saturated carbocycles. The van der Waals surface area contributed by atoms with Gasteiger partial charge in [0, 0.05) is 0 Å². The third-order valence-corrected chi connectivity index (χ3v) is 4.29. The molecule has 0 saturated heterocycles. The molecule has 0 bridgehead atoms. The lowest BCUT2D eigenvalue weighted by Crippen LogP contribution is -2.24. The first-order valence-electron chi connectivity index (χ1n) is 6.94. The average Bonchev–Trinajstić information content (AvgIpc) is 2.81. The van der Waals surface area contributed by atoms with E-state index in [1.54, 1.807) is 12.1 Å². The molecule has 2 N–H and O–H groups in total. The first kappa shape index (κ1) is 14.5. The summed E-state index contributed by atoms with van der Waals surface area (Å²) < 4.78 is 5.38. The largest absolute Gasteiger partial charge is 0.446 e. The van der Waals surface area contributed by atoms with E-state index >= 15 is 0 Å². The molecule has 0 unspecified atom stereocenters. The Morgan fingerprint density at radius 3 is 2.71 bits per heavy atom. The van der Waals surface area contributed by atoms with E-state index in [0.29, 0.717) is 27.0 Å². The molecule has 21 heavy (non-hydrogen) atoms. The molecule has 5 nitrogen and oxygen atoms in total. The molecule has 1 aliphatic carbocycles. The van der Waals surface area contributed by atoms with Gasteiger partial charge >= 0.3 is 6.09 Å². The fourth-order valence-corrected chi connectivity index (χ4v) is 2.85. The second-order valence-electron chi connectivity index (χ2n) is 5.16. The summed E-state index contributed by atoms with van der Waals surface area (Å²) in [6, 6.07) is 3.32. The number of carbonyl (C=O) groups excluding carboxylic acids is 1. The molecule has 112 valence electrons. The van der Waals surface area contributed by atoms with Crippen molar-refractivity contribution in [2.24, 2.45) is 0 Å².